The summed E-state index contributed by atoms with van der Waals surface area (Å²) < 4.78 is 35.5. The highest BCUT2D eigenvalue weighted by atomic mass is 32.1. The number of nitrogens with zero attached hydrogens (tertiary/aromatic N) is 4. The van der Waals surface area contributed by atoms with Crippen LogP contribution in [0.4, 0.5) is 8.78 Å². The molecule has 0 unspecified atom stereocenters. The second kappa shape index (κ2) is 7.22. The number of fused-ring (bicyclic) bond motifs is 2. The van der Waals surface area contributed by atoms with Crippen LogP contribution >= 0.6 is 11.3 Å². The number of nitrogens with one attached hydrogen (secondary N) is 1. The van der Waals surface area contributed by atoms with E-state index in [1.54, 1.807) is 12.3 Å². The van der Waals surface area contributed by atoms with E-state index in [9.17, 15) is 14.0 Å². The van der Waals surface area contributed by atoms with Gasteiger partial charge in [0.25, 0.3) is 6.43 Å². The van der Waals surface area contributed by atoms with Crippen LogP contribution in [0.25, 0.3) is 33.4 Å². The van der Waals surface area contributed by atoms with Crippen molar-refractivity contribution in [2.75, 3.05) is 6.61 Å². The zero-order valence-corrected chi connectivity index (χ0v) is 16.9. The Morgan fingerprint density at radius 1 is 1.33 bits per heavy atom. The molecule has 0 spiro atoms. The third-order valence-electron chi connectivity index (χ3n) is 5.19. The maximum absolute atomic E-state index is 14.0. The molecule has 0 saturated heterocycles. The molecule has 5 rings (SSSR count). The minimum Gasteiger partial charge on any atom is -0.477 e. The highest BCUT2D eigenvalue weighted by molar-refractivity contribution is 7.13. The second-order valence-corrected chi connectivity index (χ2v) is 8.39. The summed E-state index contributed by atoms with van der Waals surface area (Å²) in [4.78, 5) is 9.07. The van der Waals surface area contributed by atoms with E-state index in [1.165, 1.54) is 16.0 Å². The number of aryl methyl sites for hydroxylation is 2. The van der Waals surface area contributed by atoms with E-state index in [-0.39, 0.29) is 11.3 Å². The molecule has 152 valence electrons. The Kier molecular flexibility index (Phi) is 4.51. The van der Waals surface area contributed by atoms with Gasteiger partial charge in [0.1, 0.15) is 22.3 Å². The number of hydrogen-bond acceptors (Lipinski definition) is 5. The molecule has 0 bridgehead atoms. The summed E-state index contributed by atoms with van der Waals surface area (Å²) in [6.45, 7) is 2.88. The quantitative estimate of drug-likeness (QED) is 0.474. The minimum absolute atomic E-state index is 0.243. The van der Waals surface area contributed by atoms with Crippen LogP contribution in [0.3, 0.4) is 0 Å². The highest BCUT2D eigenvalue weighted by Gasteiger charge is 2.32. The van der Waals surface area contributed by atoms with Crippen LogP contribution < -0.4 is 4.74 Å². The van der Waals surface area contributed by atoms with Crippen LogP contribution in [0.1, 0.15) is 34.7 Å². The van der Waals surface area contributed by atoms with Gasteiger partial charge in [-0.1, -0.05) is 0 Å². The fraction of sp³-hybridized carbons (Fsp3) is 0.286. The Bertz CT molecular complexity index is 1300. The number of H-pyrrole nitrogens is 1. The Labute approximate surface area is 174 Å². The highest BCUT2D eigenvalue weighted by Crippen LogP contribution is 2.47. The van der Waals surface area contributed by atoms with E-state index in [0.717, 1.165) is 23.1 Å². The lowest BCUT2D eigenvalue weighted by molar-refractivity contribution is 0.145. The zero-order chi connectivity index (χ0) is 20.8. The van der Waals surface area contributed by atoms with Gasteiger partial charge in [0.2, 0.25) is 5.88 Å². The molecule has 6 nitrogen and oxygen atoms in total. The maximum Gasteiger partial charge on any atom is 0.282 e. The van der Waals surface area contributed by atoms with Crippen molar-refractivity contribution < 1.29 is 13.5 Å². The number of ether oxygens (including phenoxy) is 1. The Balaban J connectivity index is 1.87. The van der Waals surface area contributed by atoms with Crippen LogP contribution in [0.2, 0.25) is 0 Å². The number of hydrogen-bond donors (Lipinski definition) is 1. The van der Waals surface area contributed by atoms with E-state index < -0.39 is 6.43 Å². The number of rotatable bonds is 3. The molecule has 4 aromatic heterocycles. The van der Waals surface area contributed by atoms with Gasteiger partial charge in [0.15, 0.2) is 0 Å². The van der Waals surface area contributed by atoms with Gasteiger partial charge in [0, 0.05) is 34.1 Å². The molecule has 1 aliphatic rings. The molecule has 1 aliphatic heterocycles. The van der Waals surface area contributed by atoms with Gasteiger partial charge in [-0.15, -0.1) is 11.3 Å². The van der Waals surface area contributed by atoms with Gasteiger partial charge < -0.3 is 9.72 Å². The van der Waals surface area contributed by atoms with Crippen molar-refractivity contribution in [3.63, 3.8) is 0 Å². The molecule has 0 saturated carbocycles. The molecule has 0 atom stereocenters. The summed E-state index contributed by atoms with van der Waals surface area (Å²) in [5, 5.41) is 14.6. The molecule has 0 fully saturated rings. The predicted molar refractivity (Wildman–Crippen MR) is 110 cm³/mol. The van der Waals surface area contributed by atoms with Crippen LogP contribution in [-0.2, 0) is 6.54 Å². The molecule has 0 amide bonds. The smallest absolute Gasteiger partial charge is 0.282 e. The number of halogens is 2. The van der Waals surface area contributed by atoms with Crippen molar-refractivity contribution >= 4 is 22.4 Å². The van der Waals surface area contributed by atoms with Crippen molar-refractivity contribution in [3.8, 4) is 34.3 Å². The molecular formula is C21H17F2N5OS. The average Bonchev–Trinajstić information content (AvgIpc) is 3.35. The van der Waals surface area contributed by atoms with Crippen LogP contribution in [-0.4, -0.2) is 26.4 Å². The van der Waals surface area contributed by atoms with Gasteiger partial charge in [0.05, 0.1) is 17.9 Å². The van der Waals surface area contributed by atoms with Crippen molar-refractivity contribution in [1.29, 1.82) is 5.26 Å². The number of thiophene rings is 1. The summed E-state index contributed by atoms with van der Waals surface area (Å²) in [7, 11) is 0. The number of alkyl halides is 2. The van der Waals surface area contributed by atoms with Gasteiger partial charge in [-0.25, -0.2) is 18.4 Å². The zero-order valence-electron chi connectivity index (χ0n) is 16.1. The van der Waals surface area contributed by atoms with Crippen LogP contribution in [0.15, 0.2) is 24.4 Å². The lowest BCUT2D eigenvalue weighted by Gasteiger charge is -2.09. The maximum atomic E-state index is 14.0. The average molecular weight is 425 g/mol. The Hall–Kier alpha value is -3.25. The molecule has 30 heavy (non-hydrogen) atoms. The number of aromatic amines is 1. The van der Waals surface area contributed by atoms with Crippen molar-refractivity contribution in [1.82, 2.24) is 19.7 Å². The van der Waals surface area contributed by atoms with Crippen LogP contribution in [0, 0.1) is 18.3 Å². The van der Waals surface area contributed by atoms with Crippen molar-refractivity contribution in [2.24, 2.45) is 0 Å². The summed E-state index contributed by atoms with van der Waals surface area (Å²) >= 11 is 1.37. The predicted octanol–water partition coefficient (Wildman–Crippen LogP) is 5.45. The summed E-state index contributed by atoms with van der Waals surface area (Å²) in [6.07, 6.45) is 0.505. The molecule has 4 aromatic rings. The number of pyridine rings is 1. The van der Waals surface area contributed by atoms with Crippen molar-refractivity contribution in [2.45, 2.75) is 32.7 Å². The molecular weight excluding hydrogens is 408 g/mol. The molecule has 0 aromatic carbocycles. The molecule has 0 radical (unpaired) electrons. The third-order valence-corrected chi connectivity index (χ3v) is 6.14. The first-order chi connectivity index (χ1) is 14.6. The lowest BCUT2D eigenvalue weighted by Crippen LogP contribution is -2.00. The fourth-order valence-corrected chi connectivity index (χ4v) is 4.77. The first kappa shape index (κ1) is 18.8. The summed E-state index contributed by atoms with van der Waals surface area (Å²) in [6, 6.07) is 7.81. The topological polar surface area (TPSA) is 79.5 Å². The second-order valence-electron chi connectivity index (χ2n) is 7.13. The standard InChI is InChI=1S/C21H17F2N5OS/c1-11-9-13(14(10-24)30-11)15-12-5-4-6-25-20(12)26-17(15)16-18(19(22)23)27-28-7-2-3-8-29-21(16)28/h4-6,9,19H,2-3,7-8H2,1H3,(H,25,26). The van der Waals surface area contributed by atoms with E-state index in [0.29, 0.717) is 46.4 Å². The lowest BCUT2D eigenvalue weighted by atomic mass is 9.99. The van der Waals surface area contributed by atoms with Crippen LogP contribution in [0.5, 0.6) is 5.88 Å². The van der Waals surface area contributed by atoms with Gasteiger partial charge >= 0.3 is 0 Å². The third kappa shape index (κ3) is 2.87. The van der Waals surface area contributed by atoms with Crippen molar-refractivity contribution in [3.05, 3.63) is 39.8 Å². The molecule has 1 N–H and O–H groups in total. The normalized spacial score (nSPS) is 13.8. The monoisotopic (exact) mass is 425 g/mol. The van der Waals surface area contributed by atoms with Gasteiger partial charge in [-0.05, 0) is 38.0 Å². The van der Waals surface area contributed by atoms with E-state index in [4.69, 9.17) is 4.74 Å². The SMILES string of the molecule is Cc1cc(-c2c(-c3c(C(F)F)nn4c3OCCCC4)[nH]c3ncccc23)c(C#N)s1. The number of nitriles is 1. The minimum atomic E-state index is -2.77. The largest absolute Gasteiger partial charge is 0.477 e. The van der Waals surface area contributed by atoms with Gasteiger partial charge in [-0.2, -0.15) is 10.4 Å². The summed E-state index contributed by atoms with van der Waals surface area (Å²) in [5.41, 5.74) is 2.30. The Morgan fingerprint density at radius 2 is 2.20 bits per heavy atom. The Morgan fingerprint density at radius 3 is 3.00 bits per heavy atom. The van der Waals surface area contributed by atoms with E-state index in [1.807, 2.05) is 19.1 Å². The number of aromatic nitrogens is 4. The molecule has 5 heterocycles. The molecule has 0 aliphatic carbocycles. The fourth-order valence-electron chi connectivity index (χ4n) is 3.95. The van der Waals surface area contributed by atoms with Gasteiger partial charge in [-0.3, -0.25) is 0 Å². The summed E-state index contributed by atoms with van der Waals surface area (Å²) in [5.74, 6) is 0.334. The first-order valence-corrected chi connectivity index (χ1v) is 10.4. The van der Waals surface area contributed by atoms with E-state index in [2.05, 4.69) is 21.1 Å². The van der Waals surface area contributed by atoms with E-state index >= 15 is 0 Å². The first-order valence-electron chi connectivity index (χ1n) is 9.58. The molecule has 9 heteroatoms.